The van der Waals surface area contributed by atoms with Crippen LogP contribution in [0.4, 0.5) is 11.8 Å². The zero-order valence-electron chi connectivity index (χ0n) is 16.3. The van der Waals surface area contributed by atoms with Gasteiger partial charge in [0.25, 0.3) is 0 Å². The Hall–Kier alpha value is -3.32. The first-order valence-electron chi connectivity index (χ1n) is 9.77. The number of oxazole rings is 1. The number of hydrogen-bond acceptors (Lipinski definition) is 7. The lowest BCUT2D eigenvalue weighted by Crippen LogP contribution is -2.36. The summed E-state index contributed by atoms with van der Waals surface area (Å²) < 4.78 is 5.50. The molecule has 0 radical (unpaired) electrons. The Labute approximate surface area is 168 Å². The largest absolute Gasteiger partial charge is 0.422 e. The molecule has 0 spiro atoms. The van der Waals surface area contributed by atoms with E-state index in [1.165, 1.54) is 0 Å². The molecule has 146 valence electrons. The van der Waals surface area contributed by atoms with Gasteiger partial charge in [-0.2, -0.15) is 4.98 Å². The third-order valence-corrected chi connectivity index (χ3v) is 5.46. The lowest BCUT2D eigenvalue weighted by Gasteiger charge is -2.29. The van der Waals surface area contributed by atoms with Crippen molar-refractivity contribution in [2.24, 2.45) is 4.99 Å². The first-order chi connectivity index (χ1) is 14.2. The summed E-state index contributed by atoms with van der Waals surface area (Å²) >= 11 is 0. The fraction of sp³-hybridized carbons (Fsp3) is 0.273. The number of benzene rings is 2. The van der Waals surface area contributed by atoms with Gasteiger partial charge >= 0.3 is 6.01 Å². The van der Waals surface area contributed by atoms with Crippen molar-refractivity contribution in [3.05, 3.63) is 42.6 Å². The highest BCUT2D eigenvalue weighted by molar-refractivity contribution is 5.86. The van der Waals surface area contributed by atoms with Gasteiger partial charge in [0.1, 0.15) is 11.3 Å². The Morgan fingerprint density at radius 1 is 1.03 bits per heavy atom. The minimum absolute atomic E-state index is 0.283. The van der Waals surface area contributed by atoms with Gasteiger partial charge in [0, 0.05) is 6.04 Å². The zero-order valence-corrected chi connectivity index (χ0v) is 16.3. The van der Waals surface area contributed by atoms with Crippen molar-refractivity contribution in [3.8, 4) is 11.1 Å². The Morgan fingerprint density at radius 3 is 2.59 bits per heavy atom. The van der Waals surface area contributed by atoms with Crippen molar-refractivity contribution in [2.75, 3.05) is 25.5 Å². The number of rotatable bonds is 4. The van der Waals surface area contributed by atoms with Gasteiger partial charge in [0.2, 0.25) is 0 Å². The van der Waals surface area contributed by atoms with Crippen molar-refractivity contribution in [2.45, 2.75) is 18.9 Å². The standard InChI is InChI=1S/C22H22N6O/c1-23-22-27-19-12-15(4-6-20(19)29-22)14-3-5-17-18(11-14)26-21(13-24-17)25-16-7-9-28(2)10-8-16/h3-6,11-13,16H,1,7-10H2,2H3,(H,25,26). The number of piperidine rings is 1. The number of likely N-dealkylation sites (tertiary alicyclic amines) is 1. The third kappa shape index (κ3) is 3.56. The molecule has 1 N–H and O–H groups in total. The molecule has 0 bridgehead atoms. The van der Waals surface area contributed by atoms with E-state index in [1.807, 2.05) is 30.5 Å². The van der Waals surface area contributed by atoms with E-state index >= 15 is 0 Å². The molecule has 0 amide bonds. The second kappa shape index (κ2) is 7.25. The molecule has 7 heteroatoms. The smallest absolute Gasteiger partial charge is 0.322 e. The van der Waals surface area contributed by atoms with Crippen LogP contribution in [0.15, 0.2) is 52.0 Å². The minimum Gasteiger partial charge on any atom is -0.422 e. The first kappa shape index (κ1) is 17.8. The van der Waals surface area contributed by atoms with Crippen molar-refractivity contribution >= 4 is 40.7 Å². The molecule has 0 atom stereocenters. The summed E-state index contributed by atoms with van der Waals surface area (Å²) in [6.07, 6.45) is 4.07. The van der Waals surface area contributed by atoms with Crippen LogP contribution >= 0.6 is 0 Å². The highest BCUT2D eigenvalue weighted by Crippen LogP contribution is 2.28. The van der Waals surface area contributed by atoms with E-state index < -0.39 is 0 Å². The number of hydrogen-bond donors (Lipinski definition) is 1. The Bertz CT molecular complexity index is 1190. The monoisotopic (exact) mass is 386 g/mol. The maximum atomic E-state index is 5.50. The molecule has 2 aromatic carbocycles. The summed E-state index contributed by atoms with van der Waals surface area (Å²) in [4.78, 5) is 19.8. The van der Waals surface area contributed by atoms with E-state index in [4.69, 9.17) is 9.40 Å². The van der Waals surface area contributed by atoms with Gasteiger partial charge in [-0.25, -0.2) is 9.98 Å². The van der Waals surface area contributed by atoms with E-state index in [9.17, 15) is 0 Å². The summed E-state index contributed by atoms with van der Waals surface area (Å²) in [7, 11) is 2.17. The highest BCUT2D eigenvalue weighted by atomic mass is 16.4. The van der Waals surface area contributed by atoms with Crippen LogP contribution in [0.5, 0.6) is 0 Å². The minimum atomic E-state index is 0.283. The number of aliphatic imine (C=N–C) groups is 1. The van der Waals surface area contributed by atoms with Gasteiger partial charge in [-0.3, -0.25) is 4.98 Å². The molecular formula is C22H22N6O. The zero-order chi connectivity index (χ0) is 19.8. The SMILES string of the molecule is C=Nc1nc2cc(-c3ccc4ncc(NC5CCN(C)CC5)nc4c3)ccc2o1. The molecule has 1 aliphatic heterocycles. The topological polar surface area (TPSA) is 79.4 Å². The van der Waals surface area contributed by atoms with E-state index in [1.54, 1.807) is 0 Å². The number of nitrogens with one attached hydrogen (secondary N) is 1. The fourth-order valence-corrected chi connectivity index (χ4v) is 3.79. The fourth-order valence-electron chi connectivity index (χ4n) is 3.79. The first-order valence-corrected chi connectivity index (χ1v) is 9.77. The van der Waals surface area contributed by atoms with Gasteiger partial charge < -0.3 is 14.6 Å². The third-order valence-electron chi connectivity index (χ3n) is 5.46. The number of anilines is 1. The predicted molar refractivity (Wildman–Crippen MR) is 116 cm³/mol. The molecule has 29 heavy (non-hydrogen) atoms. The summed E-state index contributed by atoms with van der Waals surface area (Å²) in [5.41, 5.74) is 5.30. The Morgan fingerprint density at radius 2 is 1.79 bits per heavy atom. The lowest BCUT2D eigenvalue weighted by atomic mass is 10.0. The van der Waals surface area contributed by atoms with Gasteiger partial charge in [0.05, 0.1) is 17.2 Å². The van der Waals surface area contributed by atoms with E-state index in [0.29, 0.717) is 11.6 Å². The second-order valence-electron chi connectivity index (χ2n) is 7.52. The van der Waals surface area contributed by atoms with Crippen LogP contribution < -0.4 is 5.32 Å². The summed E-state index contributed by atoms with van der Waals surface area (Å²) in [6, 6.07) is 12.7. The van der Waals surface area contributed by atoms with Gasteiger partial charge in [-0.1, -0.05) is 12.1 Å². The summed E-state index contributed by atoms with van der Waals surface area (Å²) in [5.74, 6) is 0.831. The highest BCUT2D eigenvalue weighted by Gasteiger charge is 2.17. The van der Waals surface area contributed by atoms with E-state index in [0.717, 1.165) is 59.4 Å². The van der Waals surface area contributed by atoms with Crippen molar-refractivity contribution in [1.29, 1.82) is 0 Å². The average Bonchev–Trinajstić information content (AvgIpc) is 3.17. The second-order valence-corrected chi connectivity index (χ2v) is 7.52. The lowest BCUT2D eigenvalue weighted by molar-refractivity contribution is 0.263. The molecule has 1 saturated heterocycles. The molecule has 4 aromatic rings. The maximum Gasteiger partial charge on any atom is 0.322 e. The molecule has 2 aromatic heterocycles. The van der Waals surface area contributed by atoms with E-state index in [2.05, 4.69) is 51.1 Å². The van der Waals surface area contributed by atoms with Gasteiger partial charge in [-0.15, -0.1) is 0 Å². The molecule has 0 unspecified atom stereocenters. The number of fused-ring (bicyclic) bond motifs is 2. The number of nitrogens with zero attached hydrogens (tertiary/aromatic N) is 5. The van der Waals surface area contributed by atoms with Crippen LogP contribution in [-0.2, 0) is 0 Å². The normalized spacial score (nSPS) is 15.8. The van der Waals surface area contributed by atoms with Gasteiger partial charge in [0.15, 0.2) is 5.58 Å². The molecule has 0 saturated carbocycles. The molecule has 5 rings (SSSR count). The van der Waals surface area contributed by atoms with Crippen LogP contribution in [0.3, 0.4) is 0 Å². The van der Waals surface area contributed by atoms with Gasteiger partial charge in [-0.05, 0) is 75.1 Å². The van der Waals surface area contributed by atoms with Crippen LogP contribution in [0.25, 0.3) is 33.3 Å². The molecular weight excluding hydrogens is 364 g/mol. The van der Waals surface area contributed by atoms with E-state index in [-0.39, 0.29) is 6.01 Å². The molecule has 7 nitrogen and oxygen atoms in total. The molecule has 3 heterocycles. The maximum absolute atomic E-state index is 5.50. The molecule has 1 aliphatic rings. The van der Waals surface area contributed by atoms with Crippen LogP contribution in [0, 0.1) is 0 Å². The van der Waals surface area contributed by atoms with Crippen molar-refractivity contribution in [1.82, 2.24) is 19.9 Å². The molecule has 0 aliphatic carbocycles. The Kier molecular flexibility index (Phi) is 4.44. The summed E-state index contributed by atoms with van der Waals surface area (Å²) in [6.45, 7) is 5.68. The quantitative estimate of drug-likeness (QED) is 0.528. The predicted octanol–water partition coefficient (Wildman–Crippen LogP) is 4.28. The molecule has 1 fully saturated rings. The number of aromatic nitrogens is 3. The average molecular weight is 386 g/mol. The Balaban J connectivity index is 1.45. The summed E-state index contributed by atoms with van der Waals surface area (Å²) in [5, 5.41) is 3.55. The van der Waals surface area contributed by atoms with Crippen molar-refractivity contribution in [3.63, 3.8) is 0 Å². The van der Waals surface area contributed by atoms with Crippen molar-refractivity contribution < 1.29 is 4.42 Å². The van der Waals surface area contributed by atoms with Crippen LogP contribution in [-0.4, -0.2) is 52.7 Å². The van der Waals surface area contributed by atoms with Crippen LogP contribution in [0.1, 0.15) is 12.8 Å². The van der Waals surface area contributed by atoms with Crippen LogP contribution in [0.2, 0.25) is 0 Å².